The van der Waals surface area contributed by atoms with E-state index in [0.29, 0.717) is 0 Å². The molecular formula is C14H17FN2O2S. The number of halogens is 1. The maximum atomic E-state index is 13.5. The van der Waals surface area contributed by atoms with Crippen molar-refractivity contribution in [1.82, 2.24) is 4.72 Å². The van der Waals surface area contributed by atoms with E-state index in [4.69, 9.17) is 5.26 Å². The fraction of sp³-hybridized carbons (Fsp3) is 0.500. The zero-order valence-electron chi connectivity index (χ0n) is 11.3. The largest absolute Gasteiger partial charge is 0.242 e. The first kappa shape index (κ1) is 14.9. The summed E-state index contributed by atoms with van der Waals surface area (Å²) in [5.41, 5.74) is -0.427. The van der Waals surface area contributed by atoms with Gasteiger partial charge in [0.25, 0.3) is 0 Å². The summed E-state index contributed by atoms with van der Waals surface area (Å²) in [4.78, 5) is -0.280. The molecule has 2 unspecified atom stereocenters. The lowest BCUT2D eigenvalue weighted by molar-refractivity contribution is 0.310. The van der Waals surface area contributed by atoms with Crippen LogP contribution in [0.25, 0.3) is 0 Å². The Hall–Kier alpha value is -1.45. The van der Waals surface area contributed by atoms with Gasteiger partial charge in [0.1, 0.15) is 22.3 Å². The molecule has 0 saturated heterocycles. The van der Waals surface area contributed by atoms with Crippen LogP contribution in [0.1, 0.15) is 38.2 Å². The van der Waals surface area contributed by atoms with Gasteiger partial charge in [-0.15, -0.1) is 0 Å². The normalized spacial score (nSPS) is 23.2. The van der Waals surface area contributed by atoms with Crippen LogP contribution in [0.2, 0.25) is 0 Å². The van der Waals surface area contributed by atoms with Gasteiger partial charge >= 0.3 is 0 Å². The second-order valence-corrected chi connectivity index (χ2v) is 6.90. The van der Waals surface area contributed by atoms with Crippen molar-refractivity contribution < 1.29 is 12.8 Å². The van der Waals surface area contributed by atoms with E-state index in [1.165, 1.54) is 12.1 Å². The van der Waals surface area contributed by atoms with E-state index in [0.717, 1.165) is 31.7 Å². The number of benzene rings is 1. The van der Waals surface area contributed by atoms with Crippen molar-refractivity contribution in [2.75, 3.05) is 0 Å². The lowest BCUT2D eigenvalue weighted by Crippen LogP contribution is -2.41. The Bertz CT molecular complexity index is 637. The highest BCUT2D eigenvalue weighted by Crippen LogP contribution is 2.26. The molecule has 0 amide bonds. The molecule has 0 bridgehead atoms. The summed E-state index contributed by atoms with van der Waals surface area (Å²) in [6.45, 7) is 2.00. The molecule has 0 aliphatic heterocycles. The van der Waals surface area contributed by atoms with Crippen molar-refractivity contribution >= 4 is 10.0 Å². The van der Waals surface area contributed by atoms with E-state index in [1.54, 1.807) is 6.07 Å². The highest BCUT2D eigenvalue weighted by Gasteiger charge is 2.28. The van der Waals surface area contributed by atoms with E-state index >= 15 is 0 Å². The Kier molecular flexibility index (Phi) is 4.41. The Labute approximate surface area is 118 Å². The maximum Gasteiger partial charge on any atom is 0.242 e. The Balaban J connectivity index is 2.32. The molecule has 4 nitrogen and oxygen atoms in total. The van der Waals surface area contributed by atoms with Crippen LogP contribution < -0.4 is 4.72 Å². The van der Waals surface area contributed by atoms with E-state index in [2.05, 4.69) is 4.72 Å². The van der Waals surface area contributed by atoms with Crippen molar-refractivity contribution in [2.24, 2.45) is 5.92 Å². The third-order valence-corrected chi connectivity index (χ3v) is 5.33. The van der Waals surface area contributed by atoms with Crippen LogP contribution in [0.3, 0.4) is 0 Å². The van der Waals surface area contributed by atoms with Crippen molar-refractivity contribution in [3.05, 3.63) is 29.6 Å². The summed E-state index contributed by atoms with van der Waals surface area (Å²) in [5, 5.41) is 8.94. The fourth-order valence-corrected chi connectivity index (χ4v) is 4.14. The van der Waals surface area contributed by atoms with Crippen LogP contribution in [0.4, 0.5) is 4.39 Å². The first-order valence-electron chi connectivity index (χ1n) is 6.66. The van der Waals surface area contributed by atoms with Crippen molar-refractivity contribution in [1.29, 1.82) is 5.26 Å². The van der Waals surface area contributed by atoms with Gasteiger partial charge in [-0.05, 0) is 30.9 Å². The molecule has 2 atom stereocenters. The number of rotatable bonds is 3. The molecule has 1 aromatic rings. The van der Waals surface area contributed by atoms with Crippen molar-refractivity contribution in [2.45, 2.75) is 43.5 Å². The van der Waals surface area contributed by atoms with Crippen LogP contribution in [0.5, 0.6) is 0 Å². The van der Waals surface area contributed by atoms with Gasteiger partial charge in [0.15, 0.2) is 0 Å². The molecule has 1 fully saturated rings. The zero-order valence-corrected chi connectivity index (χ0v) is 12.1. The highest BCUT2D eigenvalue weighted by molar-refractivity contribution is 7.89. The first-order valence-corrected chi connectivity index (χ1v) is 8.15. The van der Waals surface area contributed by atoms with E-state index in [-0.39, 0.29) is 16.9 Å². The molecule has 1 saturated carbocycles. The minimum atomic E-state index is -3.87. The van der Waals surface area contributed by atoms with Crippen LogP contribution in [-0.4, -0.2) is 14.5 Å². The van der Waals surface area contributed by atoms with Gasteiger partial charge in [-0.1, -0.05) is 25.8 Å². The average molecular weight is 296 g/mol. The molecule has 2 rings (SSSR count). The van der Waals surface area contributed by atoms with Gasteiger partial charge in [-0.25, -0.2) is 17.5 Å². The summed E-state index contributed by atoms with van der Waals surface area (Å²) < 4.78 is 40.8. The van der Waals surface area contributed by atoms with E-state index < -0.39 is 21.4 Å². The van der Waals surface area contributed by atoms with Crippen LogP contribution in [-0.2, 0) is 10.0 Å². The molecule has 1 aliphatic carbocycles. The van der Waals surface area contributed by atoms with E-state index in [1.807, 2.05) is 6.92 Å². The topological polar surface area (TPSA) is 70.0 Å². The smallest absolute Gasteiger partial charge is 0.208 e. The monoisotopic (exact) mass is 296 g/mol. The summed E-state index contributed by atoms with van der Waals surface area (Å²) in [7, 11) is -3.87. The minimum absolute atomic E-state index is 0.149. The lowest BCUT2D eigenvalue weighted by atomic mass is 9.87. The molecule has 0 aromatic heterocycles. The SMILES string of the molecule is CC1CCCCC1NS(=O)(=O)c1cccc(F)c1C#N. The predicted octanol–water partition coefficient (Wildman–Crippen LogP) is 2.55. The van der Waals surface area contributed by atoms with Gasteiger partial charge < -0.3 is 0 Å². The molecule has 1 N–H and O–H groups in total. The van der Waals surface area contributed by atoms with Crippen LogP contribution in [0, 0.1) is 23.1 Å². The molecule has 0 radical (unpaired) electrons. The molecule has 20 heavy (non-hydrogen) atoms. The fourth-order valence-electron chi connectivity index (χ4n) is 2.59. The van der Waals surface area contributed by atoms with Crippen molar-refractivity contribution in [3.63, 3.8) is 0 Å². The molecule has 1 aromatic carbocycles. The number of sulfonamides is 1. The second kappa shape index (κ2) is 5.90. The summed E-state index contributed by atoms with van der Waals surface area (Å²) in [5.74, 6) is -0.565. The van der Waals surface area contributed by atoms with E-state index in [9.17, 15) is 12.8 Å². The molecule has 6 heteroatoms. The first-order chi connectivity index (χ1) is 9.45. The highest BCUT2D eigenvalue weighted by atomic mass is 32.2. The minimum Gasteiger partial charge on any atom is -0.208 e. The average Bonchev–Trinajstić information content (AvgIpc) is 2.41. The van der Waals surface area contributed by atoms with Crippen molar-refractivity contribution in [3.8, 4) is 6.07 Å². The number of nitrogens with one attached hydrogen (secondary N) is 1. The molecular weight excluding hydrogens is 279 g/mol. The molecule has 108 valence electrons. The molecule has 0 heterocycles. The van der Waals surface area contributed by atoms with Gasteiger partial charge in [0.2, 0.25) is 10.0 Å². The van der Waals surface area contributed by atoms with Gasteiger partial charge in [-0.3, -0.25) is 0 Å². The number of hydrogen-bond acceptors (Lipinski definition) is 3. The van der Waals surface area contributed by atoms with Gasteiger partial charge in [-0.2, -0.15) is 5.26 Å². The second-order valence-electron chi connectivity index (χ2n) is 5.21. The Morgan fingerprint density at radius 3 is 2.70 bits per heavy atom. The zero-order chi connectivity index (χ0) is 14.8. The molecule has 1 aliphatic rings. The Morgan fingerprint density at radius 2 is 2.05 bits per heavy atom. The summed E-state index contributed by atoms with van der Waals surface area (Å²) >= 11 is 0. The summed E-state index contributed by atoms with van der Waals surface area (Å²) in [6, 6.07) is 5.12. The van der Waals surface area contributed by atoms with Gasteiger partial charge in [0.05, 0.1) is 0 Å². The predicted molar refractivity (Wildman–Crippen MR) is 72.9 cm³/mol. The number of hydrogen-bond donors (Lipinski definition) is 1. The maximum absolute atomic E-state index is 13.5. The lowest BCUT2D eigenvalue weighted by Gasteiger charge is -2.29. The van der Waals surface area contributed by atoms with Gasteiger partial charge in [0, 0.05) is 6.04 Å². The standard InChI is InChI=1S/C14H17FN2O2S/c1-10-5-2-3-7-13(10)17-20(18,19)14-8-4-6-12(15)11(14)9-16/h4,6,8,10,13,17H,2-3,5,7H2,1H3. The quantitative estimate of drug-likeness (QED) is 0.932. The number of nitrogens with zero attached hydrogens (tertiary/aromatic N) is 1. The molecule has 0 spiro atoms. The Morgan fingerprint density at radius 1 is 1.35 bits per heavy atom. The third kappa shape index (κ3) is 3.00. The number of nitriles is 1. The van der Waals surface area contributed by atoms with Crippen LogP contribution >= 0.6 is 0 Å². The van der Waals surface area contributed by atoms with Crippen LogP contribution in [0.15, 0.2) is 23.1 Å². The third-order valence-electron chi connectivity index (χ3n) is 3.79. The summed E-state index contributed by atoms with van der Waals surface area (Å²) in [6.07, 6.45) is 3.83.